The van der Waals surface area contributed by atoms with Crippen LogP contribution in [-0.4, -0.2) is 76.8 Å². The fraction of sp³-hybridized carbons (Fsp3) is 0.308. The third kappa shape index (κ3) is 6.01. The Hall–Kier alpha value is -4.24. The van der Waals surface area contributed by atoms with Gasteiger partial charge in [-0.15, -0.1) is 0 Å². The van der Waals surface area contributed by atoms with Gasteiger partial charge in [0.15, 0.2) is 17.4 Å². The fourth-order valence-electron chi connectivity index (χ4n) is 4.49. The number of benzene rings is 2. The van der Waals surface area contributed by atoms with E-state index in [2.05, 4.69) is 15.6 Å². The van der Waals surface area contributed by atoms with E-state index in [1.165, 1.54) is 43.1 Å². The summed E-state index contributed by atoms with van der Waals surface area (Å²) in [5.41, 5.74) is 1.09. The first-order valence-corrected chi connectivity index (χ1v) is 12.5. The lowest BCUT2D eigenvalue weighted by atomic mass is 9.74. The Morgan fingerprint density at radius 2 is 1.76 bits per heavy atom. The highest BCUT2D eigenvalue weighted by molar-refractivity contribution is 6.34. The zero-order chi connectivity index (χ0) is 31.0. The van der Waals surface area contributed by atoms with E-state index in [1.807, 2.05) is 0 Å². The molecule has 16 heteroatoms. The topological polar surface area (TPSA) is 126 Å². The maximum Gasteiger partial charge on any atom is 0.490 e. The van der Waals surface area contributed by atoms with Gasteiger partial charge in [-0.25, -0.2) is 14.2 Å². The van der Waals surface area contributed by atoms with E-state index >= 15 is 0 Å². The second-order valence-corrected chi connectivity index (χ2v) is 10.1. The molecule has 2 amide bonds. The number of carbonyl (C=O) groups excluding carboxylic acids is 2. The van der Waals surface area contributed by atoms with Crippen molar-refractivity contribution in [2.45, 2.75) is 6.18 Å². The van der Waals surface area contributed by atoms with Crippen LogP contribution in [0.5, 0.6) is 5.75 Å². The van der Waals surface area contributed by atoms with Gasteiger partial charge in [0.05, 0.1) is 29.6 Å². The SMILES string of the molecule is COc1ccc(-c2cnc(C(=O)Nc3ccc(C(=O)N4CC5(CNC5)C4)c(Cl)c3)n2C)c(F)c1F.O=C(O)C(F)(F)F. The summed E-state index contributed by atoms with van der Waals surface area (Å²) in [6.07, 6.45) is -3.80. The molecule has 42 heavy (non-hydrogen) atoms. The molecule has 3 aromatic rings. The van der Waals surface area contributed by atoms with Crippen LogP contribution in [0, 0.1) is 17.0 Å². The summed E-state index contributed by atoms with van der Waals surface area (Å²) in [7, 11) is 2.76. The lowest BCUT2D eigenvalue weighted by Gasteiger charge is -2.56. The summed E-state index contributed by atoms with van der Waals surface area (Å²) in [4.78, 5) is 40.3. The van der Waals surface area contributed by atoms with Gasteiger partial charge in [0.1, 0.15) is 0 Å². The molecule has 0 radical (unpaired) electrons. The quantitative estimate of drug-likeness (QED) is 0.371. The molecule has 2 fully saturated rings. The molecule has 1 aromatic heterocycles. The van der Waals surface area contributed by atoms with Crippen LogP contribution in [0.15, 0.2) is 36.5 Å². The van der Waals surface area contributed by atoms with Gasteiger partial charge in [0.25, 0.3) is 11.8 Å². The maximum atomic E-state index is 14.5. The number of ether oxygens (including phenoxy) is 1. The van der Waals surface area contributed by atoms with Crippen LogP contribution in [0.4, 0.5) is 27.6 Å². The van der Waals surface area contributed by atoms with E-state index in [0.717, 1.165) is 13.1 Å². The van der Waals surface area contributed by atoms with Crippen molar-refractivity contribution >= 4 is 35.1 Å². The summed E-state index contributed by atoms with van der Waals surface area (Å²) < 4.78 is 66.6. The Balaban J connectivity index is 0.000000517. The number of alkyl halides is 3. The van der Waals surface area contributed by atoms with Crippen molar-refractivity contribution in [1.82, 2.24) is 19.8 Å². The van der Waals surface area contributed by atoms with Gasteiger partial charge in [-0.1, -0.05) is 11.6 Å². The number of halogens is 6. The van der Waals surface area contributed by atoms with E-state index in [4.69, 9.17) is 26.2 Å². The minimum absolute atomic E-state index is 0.0214. The molecule has 3 N–H and O–H groups in total. The highest BCUT2D eigenvalue weighted by atomic mass is 35.5. The largest absolute Gasteiger partial charge is 0.494 e. The number of nitrogens with zero attached hydrogens (tertiary/aromatic N) is 3. The minimum Gasteiger partial charge on any atom is -0.494 e. The molecule has 0 aliphatic carbocycles. The Bertz CT molecular complexity index is 1550. The number of anilines is 1. The molecule has 2 aromatic carbocycles. The van der Waals surface area contributed by atoms with Gasteiger partial charge in [0.2, 0.25) is 5.82 Å². The first-order valence-electron chi connectivity index (χ1n) is 12.1. The van der Waals surface area contributed by atoms with E-state index in [9.17, 15) is 31.5 Å². The summed E-state index contributed by atoms with van der Waals surface area (Å²) in [6.45, 7) is 3.25. The van der Waals surface area contributed by atoms with Crippen molar-refractivity contribution in [2.24, 2.45) is 12.5 Å². The molecule has 0 unspecified atom stereocenters. The molecule has 0 bridgehead atoms. The average molecular weight is 616 g/mol. The van der Waals surface area contributed by atoms with Gasteiger partial charge in [-0.2, -0.15) is 17.6 Å². The van der Waals surface area contributed by atoms with E-state index in [-0.39, 0.29) is 39.2 Å². The molecule has 1 spiro atoms. The van der Waals surface area contributed by atoms with Crippen molar-refractivity contribution in [2.75, 3.05) is 38.6 Å². The number of methoxy groups -OCH3 is 1. The number of amides is 2. The van der Waals surface area contributed by atoms with Gasteiger partial charge in [0, 0.05) is 49.9 Å². The average Bonchev–Trinajstić information content (AvgIpc) is 3.24. The predicted molar refractivity (Wildman–Crippen MR) is 139 cm³/mol. The number of aliphatic carboxylic acids is 1. The molecule has 0 atom stereocenters. The predicted octanol–water partition coefficient (Wildman–Crippen LogP) is 3.96. The lowest BCUT2D eigenvalue weighted by Crippen LogP contribution is -2.71. The number of imidazole rings is 1. The van der Waals surface area contributed by atoms with Crippen molar-refractivity contribution in [3.05, 3.63) is 64.6 Å². The third-order valence-corrected chi connectivity index (χ3v) is 7.09. The number of hydrogen-bond donors (Lipinski definition) is 3. The summed E-state index contributed by atoms with van der Waals surface area (Å²) >= 11 is 6.35. The standard InChI is InChI=1S/C24H22ClF2N5O3.C2HF3O2/c1-31-17(15-5-6-18(35-2)20(27)19(15)26)8-29-21(31)22(33)30-13-3-4-14(16(25)7-13)23(34)32-11-24(12-32)9-28-10-24;3-2(4,5)1(6)7/h3-8,28H,9-12H2,1-2H3,(H,30,33);(H,6,7). The highest BCUT2D eigenvalue weighted by Crippen LogP contribution is 2.36. The molecule has 224 valence electrons. The van der Waals surface area contributed by atoms with E-state index < -0.39 is 29.7 Å². The number of rotatable bonds is 5. The van der Waals surface area contributed by atoms with Gasteiger partial charge >= 0.3 is 12.1 Å². The third-order valence-electron chi connectivity index (χ3n) is 6.77. The smallest absolute Gasteiger partial charge is 0.490 e. The van der Waals surface area contributed by atoms with Gasteiger partial charge < -0.3 is 29.9 Å². The maximum absolute atomic E-state index is 14.5. The van der Waals surface area contributed by atoms with Crippen LogP contribution < -0.4 is 15.4 Å². The Morgan fingerprint density at radius 1 is 1.12 bits per heavy atom. The lowest BCUT2D eigenvalue weighted by molar-refractivity contribution is -0.192. The number of carbonyl (C=O) groups is 3. The Kier molecular flexibility index (Phi) is 8.46. The number of hydrogen-bond acceptors (Lipinski definition) is 6. The molecule has 2 aliphatic heterocycles. The Labute approximate surface area is 240 Å². The van der Waals surface area contributed by atoms with Crippen molar-refractivity contribution < 1.29 is 46.2 Å². The Morgan fingerprint density at radius 3 is 2.29 bits per heavy atom. The van der Waals surface area contributed by atoms with E-state index in [1.54, 1.807) is 17.0 Å². The highest BCUT2D eigenvalue weighted by Gasteiger charge is 2.49. The minimum atomic E-state index is -5.08. The van der Waals surface area contributed by atoms with Crippen LogP contribution in [0.1, 0.15) is 21.0 Å². The summed E-state index contributed by atoms with van der Waals surface area (Å²) in [5.74, 6) is -5.95. The molecule has 3 heterocycles. The zero-order valence-electron chi connectivity index (χ0n) is 22.0. The van der Waals surface area contributed by atoms with Crippen LogP contribution in [0.2, 0.25) is 5.02 Å². The van der Waals surface area contributed by atoms with Gasteiger partial charge in [-0.05, 0) is 30.3 Å². The zero-order valence-corrected chi connectivity index (χ0v) is 22.7. The number of aromatic nitrogens is 2. The van der Waals surface area contributed by atoms with Crippen LogP contribution in [-0.2, 0) is 11.8 Å². The van der Waals surface area contributed by atoms with Crippen LogP contribution in [0.3, 0.4) is 0 Å². The van der Waals surface area contributed by atoms with E-state index in [0.29, 0.717) is 24.3 Å². The number of carboxylic acid groups (broad SMARTS) is 1. The van der Waals surface area contributed by atoms with Crippen molar-refractivity contribution in [3.63, 3.8) is 0 Å². The fourth-order valence-corrected chi connectivity index (χ4v) is 4.75. The summed E-state index contributed by atoms with van der Waals surface area (Å²) in [6, 6.07) is 7.31. The second kappa shape index (κ2) is 11.6. The summed E-state index contributed by atoms with van der Waals surface area (Å²) in [5, 5.41) is 13.2. The van der Waals surface area contributed by atoms with Crippen molar-refractivity contribution in [1.29, 1.82) is 0 Å². The molecule has 2 saturated heterocycles. The molecular weight excluding hydrogens is 593 g/mol. The number of likely N-dealkylation sites (tertiary alicyclic amines) is 1. The molecule has 2 aliphatic rings. The number of carboxylic acids is 1. The van der Waals surface area contributed by atoms with Gasteiger partial charge in [-0.3, -0.25) is 9.59 Å². The molecular formula is C26H23ClF5N5O5. The van der Waals surface area contributed by atoms with Crippen molar-refractivity contribution in [3.8, 4) is 17.0 Å². The molecule has 0 saturated carbocycles. The molecule has 5 rings (SSSR count). The van der Waals surface area contributed by atoms with Crippen LogP contribution >= 0.6 is 11.6 Å². The number of nitrogens with one attached hydrogen (secondary N) is 2. The monoisotopic (exact) mass is 615 g/mol. The second-order valence-electron chi connectivity index (χ2n) is 9.69. The normalized spacial score (nSPS) is 15.2. The first-order chi connectivity index (χ1) is 19.7. The van der Waals surface area contributed by atoms with Crippen LogP contribution in [0.25, 0.3) is 11.3 Å². The first kappa shape index (κ1) is 30.7. The molecule has 10 nitrogen and oxygen atoms in total.